The first-order chi connectivity index (χ1) is 9.70. The normalized spacial score (nSPS) is 10.4. The highest BCUT2D eigenvalue weighted by molar-refractivity contribution is 5.78. The van der Waals surface area contributed by atoms with E-state index in [-0.39, 0.29) is 12.3 Å². The summed E-state index contributed by atoms with van der Waals surface area (Å²) in [6.07, 6.45) is 3.47. The molecule has 0 saturated carbocycles. The van der Waals surface area contributed by atoms with E-state index in [0.717, 1.165) is 30.8 Å². The van der Waals surface area contributed by atoms with Gasteiger partial charge in [0, 0.05) is 24.1 Å². The molecule has 20 heavy (non-hydrogen) atoms. The van der Waals surface area contributed by atoms with Crippen LogP contribution in [0.2, 0.25) is 0 Å². The Balaban J connectivity index is 2.06. The first-order valence-corrected chi connectivity index (χ1v) is 6.94. The summed E-state index contributed by atoms with van der Waals surface area (Å²) in [5.74, 6) is -0.311. The average Bonchev–Trinajstić information content (AvgIpc) is 2.85. The van der Waals surface area contributed by atoms with Crippen molar-refractivity contribution in [2.75, 3.05) is 5.32 Å². The van der Waals surface area contributed by atoms with Crippen LogP contribution in [0.5, 0.6) is 0 Å². The van der Waals surface area contributed by atoms with E-state index < -0.39 is 0 Å². The molecule has 1 heterocycles. The smallest absolute Gasteiger partial charge is 0.221 e. The van der Waals surface area contributed by atoms with Gasteiger partial charge in [0.1, 0.15) is 0 Å². The number of nitrogens with two attached hydrogens (primary N) is 1. The molecule has 1 aromatic heterocycles. The maximum Gasteiger partial charge on any atom is 0.221 e. The van der Waals surface area contributed by atoms with E-state index in [2.05, 4.69) is 35.1 Å². The minimum absolute atomic E-state index is 0.263. The van der Waals surface area contributed by atoms with Gasteiger partial charge in [-0.05, 0) is 30.2 Å². The topological polar surface area (TPSA) is 60.1 Å². The molecule has 0 saturated heterocycles. The largest absolute Gasteiger partial charge is 0.379 e. The van der Waals surface area contributed by atoms with Gasteiger partial charge in [-0.15, -0.1) is 0 Å². The molecular weight excluding hydrogens is 250 g/mol. The van der Waals surface area contributed by atoms with Crippen LogP contribution in [0.25, 0.3) is 0 Å². The predicted molar refractivity (Wildman–Crippen MR) is 81.4 cm³/mol. The number of nitrogens with one attached hydrogen (secondary N) is 1. The van der Waals surface area contributed by atoms with Crippen molar-refractivity contribution in [3.8, 4) is 0 Å². The Morgan fingerprint density at radius 3 is 2.80 bits per heavy atom. The molecule has 1 amide bonds. The number of benzene rings is 1. The van der Waals surface area contributed by atoms with Crippen molar-refractivity contribution in [2.45, 2.75) is 32.9 Å². The number of carbonyl (C=O) groups is 1. The molecule has 0 fully saturated rings. The first kappa shape index (κ1) is 14.2. The Morgan fingerprint density at radius 2 is 2.05 bits per heavy atom. The number of para-hydroxylation sites is 1. The fraction of sp³-hybridized carbons (Fsp3) is 0.312. The van der Waals surface area contributed by atoms with Gasteiger partial charge < -0.3 is 15.6 Å². The Hall–Kier alpha value is -2.23. The van der Waals surface area contributed by atoms with Gasteiger partial charge in [0.05, 0.1) is 13.0 Å². The Labute approximate surface area is 119 Å². The molecule has 0 atom stereocenters. The van der Waals surface area contributed by atoms with Crippen molar-refractivity contribution in [3.63, 3.8) is 0 Å². The zero-order valence-electron chi connectivity index (χ0n) is 11.8. The van der Waals surface area contributed by atoms with Crippen LogP contribution in [0.15, 0.2) is 42.6 Å². The highest BCUT2D eigenvalue weighted by Gasteiger charge is 2.06. The molecule has 106 valence electrons. The Morgan fingerprint density at radius 1 is 1.25 bits per heavy atom. The van der Waals surface area contributed by atoms with Crippen molar-refractivity contribution in [2.24, 2.45) is 5.73 Å². The number of hydrogen-bond donors (Lipinski definition) is 2. The van der Waals surface area contributed by atoms with Crippen molar-refractivity contribution in [3.05, 3.63) is 53.9 Å². The quantitative estimate of drug-likeness (QED) is 0.813. The number of amides is 1. The molecule has 0 unspecified atom stereocenters. The number of nitrogens with zero attached hydrogens (tertiary/aromatic N) is 1. The van der Waals surface area contributed by atoms with Crippen molar-refractivity contribution in [1.82, 2.24) is 4.57 Å². The fourth-order valence-corrected chi connectivity index (χ4v) is 2.29. The summed E-state index contributed by atoms with van der Waals surface area (Å²) >= 11 is 0. The van der Waals surface area contributed by atoms with E-state index in [9.17, 15) is 4.79 Å². The van der Waals surface area contributed by atoms with E-state index in [1.165, 1.54) is 5.69 Å². The van der Waals surface area contributed by atoms with E-state index in [1.54, 1.807) is 0 Å². The summed E-state index contributed by atoms with van der Waals surface area (Å²) in [5, 5.41) is 3.39. The van der Waals surface area contributed by atoms with Gasteiger partial charge in [-0.25, -0.2) is 0 Å². The SMILES string of the molecule is CCCn1cccc1CNc1ccccc1CC(N)=O. The zero-order valence-corrected chi connectivity index (χ0v) is 11.8. The number of aromatic nitrogens is 1. The number of hydrogen-bond acceptors (Lipinski definition) is 2. The summed E-state index contributed by atoms with van der Waals surface area (Å²) in [6, 6.07) is 12.0. The Bertz CT molecular complexity index is 575. The second kappa shape index (κ2) is 6.80. The lowest BCUT2D eigenvalue weighted by Gasteiger charge is -2.13. The van der Waals surface area contributed by atoms with E-state index in [4.69, 9.17) is 5.73 Å². The second-order valence-electron chi connectivity index (χ2n) is 4.85. The maximum atomic E-state index is 11.1. The van der Waals surface area contributed by atoms with Crippen LogP contribution in [0.1, 0.15) is 24.6 Å². The minimum atomic E-state index is -0.311. The molecule has 2 aromatic rings. The van der Waals surface area contributed by atoms with Crippen LogP contribution in [0.3, 0.4) is 0 Å². The lowest BCUT2D eigenvalue weighted by atomic mass is 10.1. The van der Waals surface area contributed by atoms with E-state index in [0.29, 0.717) is 0 Å². The molecule has 0 aliphatic heterocycles. The lowest BCUT2D eigenvalue weighted by molar-refractivity contribution is -0.117. The van der Waals surface area contributed by atoms with Gasteiger partial charge in [-0.1, -0.05) is 25.1 Å². The molecule has 0 aliphatic rings. The number of rotatable bonds is 7. The number of primary amides is 1. The van der Waals surface area contributed by atoms with Crippen LogP contribution in [-0.2, 0) is 24.3 Å². The molecule has 0 bridgehead atoms. The second-order valence-corrected chi connectivity index (χ2v) is 4.85. The molecule has 0 radical (unpaired) electrons. The molecule has 0 spiro atoms. The number of aryl methyl sites for hydroxylation is 1. The first-order valence-electron chi connectivity index (χ1n) is 6.94. The monoisotopic (exact) mass is 271 g/mol. The number of anilines is 1. The molecule has 4 heteroatoms. The van der Waals surface area contributed by atoms with Crippen molar-refractivity contribution < 1.29 is 4.79 Å². The van der Waals surface area contributed by atoms with Gasteiger partial charge in [0.2, 0.25) is 5.91 Å². The zero-order chi connectivity index (χ0) is 14.4. The van der Waals surface area contributed by atoms with Gasteiger partial charge in [-0.2, -0.15) is 0 Å². The highest BCUT2D eigenvalue weighted by Crippen LogP contribution is 2.17. The van der Waals surface area contributed by atoms with Crippen LogP contribution in [-0.4, -0.2) is 10.5 Å². The standard InChI is InChI=1S/C16H21N3O/c1-2-9-19-10-5-7-14(19)12-18-15-8-4-3-6-13(15)11-16(17)20/h3-8,10,18H,2,9,11-12H2,1H3,(H2,17,20). The van der Waals surface area contributed by atoms with E-state index >= 15 is 0 Å². The molecule has 4 nitrogen and oxygen atoms in total. The Kier molecular flexibility index (Phi) is 4.82. The molecule has 1 aromatic carbocycles. The molecule has 0 aliphatic carbocycles. The predicted octanol–water partition coefficient (Wildman–Crippen LogP) is 2.54. The molecule has 3 N–H and O–H groups in total. The summed E-state index contributed by atoms with van der Waals surface area (Å²) in [4.78, 5) is 11.1. The fourth-order valence-electron chi connectivity index (χ4n) is 2.29. The molecule has 2 rings (SSSR count). The van der Waals surface area contributed by atoms with Gasteiger partial charge in [0.15, 0.2) is 0 Å². The minimum Gasteiger partial charge on any atom is -0.379 e. The van der Waals surface area contributed by atoms with Crippen LogP contribution < -0.4 is 11.1 Å². The summed E-state index contributed by atoms with van der Waals surface area (Å²) < 4.78 is 2.24. The van der Waals surface area contributed by atoms with Crippen LogP contribution >= 0.6 is 0 Å². The van der Waals surface area contributed by atoms with Crippen LogP contribution in [0, 0.1) is 0 Å². The van der Waals surface area contributed by atoms with Crippen molar-refractivity contribution >= 4 is 11.6 Å². The summed E-state index contributed by atoms with van der Waals surface area (Å²) in [5.41, 5.74) is 8.42. The third-order valence-electron chi connectivity index (χ3n) is 3.23. The highest BCUT2D eigenvalue weighted by atomic mass is 16.1. The summed E-state index contributed by atoms with van der Waals surface area (Å²) in [7, 11) is 0. The average molecular weight is 271 g/mol. The number of carbonyl (C=O) groups excluding carboxylic acids is 1. The van der Waals surface area contributed by atoms with Crippen LogP contribution in [0.4, 0.5) is 5.69 Å². The van der Waals surface area contributed by atoms with E-state index in [1.807, 2.05) is 24.3 Å². The van der Waals surface area contributed by atoms with Gasteiger partial charge >= 0.3 is 0 Å². The summed E-state index contributed by atoms with van der Waals surface area (Å²) in [6.45, 7) is 3.93. The maximum absolute atomic E-state index is 11.1. The lowest BCUT2D eigenvalue weighted by Crippen LogP contribution is -2.15. The van der Waals surface area contributed by atoms with Gasteiger partial charge in [0.25, 0.3) is 0 Å². The third kappa shape index (κ3) is 3.63. The van der Waals surface area contributed by atoms with Gasteiger partial charge in [-0.3, -0.25) is 4.79 Å². The molecular formula is C16H21N3O. The van der Waals surface area contributed by atoms with Crippen molar-refractivity contribution in [1.29, 1.82) is 0 Å². The third-order valence-corrected chi connectivity index (χ3v) is 3.23.